The Morgan fingerprint density at radius 1 is 1.15 bits per heavy atom. The molecule has 0 unspecified atom stereocenters. The van der Waals surface area contributed by atoms with Crippen LogP contribution in [0.15, 0.2) is 35.2 Å². The lowest BCUT2D eigenvalue weighted by molar-refractivity contribution is -0.130. The molecular formula is C19H24ClN3O3S. The number of carbonyl (C=O) groups is 1. The van der Waals surface area contributed by atoms with E-state index in [0.717, 1.165) is 5.56 Å². The maximum Gasteiger partial charge on any atom is 0.263 e. The third kappa shape index (κ3) is 4.99. The molecule has 0 atom stereocenters. The molecule has 1 amide bonds. The molecule has 1 heterocycles. The Morgan fingerprint density at radius 3 is 2.44 bits per heavy atom. The van der Waals surface area contributed by atoms with Crippen molar-refractivity contribution in [3.63, 3.8) is 0 Å². The van der Waals surface area contributed by atoms with Gasteiger partial charge in [0, 0.05) is 18.1 Å². The van der Waals surface area contributed by atoms with Crippen molar-refractivity contribution in [2.45, 2.75) is 39.0 Å². The number of benzene rings is 1. The van der Waals surface area contributed by atoms with Crippen molar-refractivity contribution in [2.24, 2.45) is 0 Å². The zero-order chi connectivity index (χ0) is 20.2. The van der Waals surface area contributed by atoms with Gasteiger partial charge in [-0.1, -0.05) is 23.7 Å². The molecule has 27 heavy (non-hydrogen) atoms. The monoisotopic (exact) mass is 409 g/mol. The fraction of sp³-hybridized carbons (Fsp3) is 0.368. The summed E-state index contributed by atoms with van der Waals surface area (Å²) in [6, 6.07) is 8.04. The summed E-state index contributed by atoms with van der Waals surface area (Å²) in [7, 11) is -3.84. The van der Waals surface area contributed by atoms with Crippen LogP contribution in [-0.4, -0.2) is 37.3 Å². The molecule has 1 N–H and O–H groups in total. The number of likely N-dealkylation sites (N-methyl/N-ethyl adjacent to an activating group) is 1. The van der Waals surface area contributed by atoms with Gasteiger partial charge in [-0.15, -0.1) is 0 Å². The predicted octanol–water partition coefficient (Wildman–Crippen LogP) is 3.56. The lowest BCUT2D eigenvalue weighted by Gasteiger charge is -2.19. The average Bonchev–Trinajstić information content (AvgIpc) is 2.61. The predicted molar refractivity (Wildman–Crippen MR) is 108 cm³/mol. The second-order valence-electron chi connectivity index (χ2n) is 6.17. The summed E-state index contributed by atoms with van der Waals surface area (Å²) < 4.78 is 27.9. The van der Waals surface area contributed by atoms with Crippen molar-refractivity contribution in [2.75, 3.05) is 17.8 Å². The number of hydrogen-bond donors (Lipinski definition) is 1. The van der Waals surface area contributed by atoms with Gasteiger partial charge < -0.3 is 4.90 Å². The normalized spacial score (nSPS) is 11.3. The van der Waals surface area contributed by atoms with Crippen LogP contribution in [0.4, 0.5) is 5.82 Å². The third-order valence-electron chi connectivity index (χ3n) is 4.38. The highest BCUT2D eigenvalue weighted by Crippen LogP contribution is 2.24. The number of amides is 1. The van der Waals surface area contributed by atoms with E-state index in [0.29, 0.717) is 29.4 Å². The number of rotatable bonds is 7. The largest absolute Gasteiger partial charge is 0.343 e. The van der Waals surface area contributed by atoms with Crippen LogP contribution in [0.1, 0.15) is 30.7 Å². The molecule has 0 spiro atoms. The number of anilines is 1. The third-order valence-corrected chi connectivity index (χ3v) is 6.29. The molecular weight excluding hydrogens is 386 g/mol. The SMILES string of the molecule is CCN(CC)C(=O)Cc1nc(NS(=O)(=O)c2cccc(Cl)c2C)ccc1C. The number of hydrogen-bond acceptors (Lipinski definition) is 4. The van der Waals surface area contributed by atoms with Gasteiger partial charge in [0.2, 0.25) is 5.91 Å². The number of pyridine rings is 1. The van der Waals surface area contributed by atoms with Crippen molar-refractivity contribution < 1.29 is 13.2 Å². The Hall–Kier alpha value is -2.12. The lowest BCUT2D eigenvalue weighted by atomic mass is 10.1. The van der Waals surface area contributed by atoms with E-state index in [1.54, 1.807) is 36.1 Å². The molecule has 1 aromatic heterocycles. The summed E-state index contributed by atoms with van der Waals surface area (Å²) in [5.74, 6) is 0.128. The van der Waals surface area contributed by atoms with Crippen LogP contribution >= 0.6 is 11.6 Å². The van der Waals surface area contributed by atoms with Crippen molar-refractivity contribution in [1.82, 2.24) is 9.88 Å². The zero-order valence-corrected chi connectivity index (χ0v) is 17.5. The van der Waals surface area contributed by atoms with E-state index in [1.165, 1.54) is 6.07 Å². The van der Waals surface area contributed by atoms with Crippen LogP contribution in [0.2, 0.25) is 5.02 Å². The van der Waals surface area contributed by atoms with Gasteiger partial charge in [0.25, 0.3) is 10.0 Å². The molecule has 0 saturated heterocycles. The first kappa shape index (κ1) is 21.2. The molecule has 0 aliphatic heterocycles. The fourth-order valence-electron chi connectivity index (χ4n) is 2.71. The van der Waals surface area contributed by atoms with Gasteiger partial charge >= 0.3 is 0 Å². The van der Waals surface area contributed by atoms with Crippen LogP contribution in [0.25, 0.3) is 0 Å². The minimum atomic E-state index is -3.84. The summed E-state index contributed by atoms with van der Waals surface area (Å²) in [4.78, 5) is 18.5. The van der Waals surface area contributed by atoms with E-state index in [9.17, 15) is 13.2 Å². The second kappa shape index (κ2) is 8.71. The molecule has 2 rings (SSSR count). The zero-order valence-electron chi connectivity index (χ0n) is 15.9. The topological polar surface area (TPSA) is 79.4 Å². The summed E-state index contributed by atoms with van der Waals surface area (Å²) >= 11 is 6.03. The van der Waals surface area contributed by atoms with Gasteiger partial charge in [0.15, 0.2) is 0 Å². The van der Waals surface area contributed by atoms with Gasteiger partial charge in [-0.2, -0.15) is 0 Å². The maximum atomic E-state index is 12.7. The van der Waals surface area contributed by atoms with E-state index in [4.69, 9.17) is 11.6 Å². The fourth-order valence-corrected chi connectivity index (χ4v) is 4.21. The highest BCUT2D eigenvalue weighted by Gasteiger charge is 2.20. The number of aryl methyl sites for hydroxylation is 1. The van der Waals surface area contributed by atoms with E-state index in [2.05, 4.69) is 9.71 Å². The minimum Gasteiger partial charge on any atom is -0.343 e. The van der Waals surface area contributed by atoms with Crippen molar-refractivity contribution >= 4 is 33.3 Å². The molecule has 0 radical (unpaired) electrons. The molecule has 1 aromatic carbocycles. The Labute approximate surface area is 165 Å². The van der Waals surface area contributed by atoms with Crippen LogP contribution in [0.3, 0.4) is 0 Å². The number of nitrogens with zero attached hydrogens (tertiary/aromatic N) is 2. The summed E-state index contributed by atoms with van der Waals surface area (Å²) in [5, 5.41) is 0.375. The first-order valence-electron chi connectivity index (χ1n) is 8.71. The van der Waals surface area contributed by atoms with E-state index < -0.39 is 10.0 Å². The van der Waals surface area contributed by atoms with Gasteiger partial charge in [-0.3, -0.25) is 9.52 Å². The molecule has 0 bridgehead atoms. The molecule has 0 aliphatic rings. The maximum absolute atomic E-state index is 12.7. The highest BCUT2D eigenvalue weighted by atomic mass is 35.5. The number of aromatic nitrogens is 1. The summed E-state index contributed by atoms with van der Waals surface area (Å²) in [6.45, 7) is 8.56. The van der Waals surface area contributed by atoms with Gasteiger partial charge in [-0.25, -0.2) is 13.4 Å². The van der Waals surface area contributed by atoms with Crippen LogP contribution in [-0.2, 0) is 21.2 Å². The van der Waals surface area contributed by atoms with E-state index in [1.807, 2.05) is 20.8 Å². The second-order valence-corrected chi connectivity index (χ2v) is 8.23. The Morgan fingerprint density at radius 2 is 1.81 bits per heavy atom. The molecule has 2 aromatic rings. The highest BCUT2D eigenvalue weighted by molar-refractivity contribution is 7.92. The van der Waals surface area contributed by atoms with Gasteiger partial charge in [0.1, 0.15) is 5.82 Å². The molecule has 146 valence electrons. The molecule has 8 heteroatoms. The van der Waals surface area contributed by atoms with E-state index >= 15 is 0 Å². The molecule has 0 aliphatic carbocycles. The number of sulfonamides is 1. The standard InChI is InChI=1S/C19H24ClN3O3S/c1-5-23(6-2)19(24)12-16-13(3)10-11-18(21-16)22-27(25,26)17-9-7-8-15(20)14(17)4/h7-11H,5-6,12H2,1-4H3,(H,21,22). The average molecular weight is 410 g/mol. The molecule has 0 saturated carbocycles. The van der Waals surface area contributed by atoms with Crippen LogP contribution in [0.5, 0.6) is 0 Å². The smallest absolute Gasteiger partial charge is 0.263 e. The van der Waals surface area contributed by atoms with Gasteiger partial charge in [0.05, 0.1) is 17.0 Å². The summed E-state index contributed by atoms with van der Waals surface area (Å²) in [5.41, 5.74) is 1.85. The number of halogens is 1. The minimum absolute atomic E-state index is 0.0405. The number of carbonyl (C=O) groups excluding carboxylic acids is 1. The first-order valence-corrected chi connectivity index (χ1v) is 10.6. The van der Waals surface area contributed by atoms with Crippen molar-refractivity contribution in [1.29, 1.82) is 0 Å². The lowest BCUT2D eigenvalue weighted by Crippen LogP contribution is -2.32. The number of nitrogens with one attached hydrogen (secondary N) is 1. The first-order chi connectivity index (χ1) is 12.7. The quantitative estimate of drug-likeness (QED) is 0.758. The Kier molecular flexibility index (Phi) is 6.84. The molecule has 6 nitrogen and oxygen atoms in total. The van der Waals surface area contributed by atoms with Crippen molar-refractivity contribution in [3.8, 4) is 0 Å². The van der Waals surface area contributed by atoms with Gasteiger partial charge in [-0.05, 0) is 57.0 Å². The van der Waals surface area contributed by atoms with Crippen LogP contribution in [0, 0.1) is 13.8 Å². The Balaban J connectivity index is 2.30. The van der Waals surface area contributed by atoms with Crippen molar-refractivity contribution in [3.05, 3.63) is 52.2 Å². The van der Waals surface area contributed by atoms with Crippen LogP contribution < -0.4 is 4.72 Å². The summed E-state index contributed by atoms with van der Waals surface area (Å²) in [6.07, 6.45) is 0.124. The molecule has 0 fully saturated rings. The Bertz CT molecular complexity index is 941. The van der Waals surface area contributed by atoms with E-state index in [-0.39, 0.29) is 23.0 Å².